The second-order valence-electron chi connectivity index (χ2n) is 11.1. The molecule has 4 aromatic carbocycles. The molecule has 0 aromatic heterocycles. The molecule has 4 aromatic rings. The van der Waals surface area contributed by atoms with Gasteiger partial charge in [-0.05, 0) is 58.7 Å². The molecule has 0 saturated carbocycles. The Balaban J connectivity index is 1.22. The summed E-state index contributed by atoms with van der Waals surface area (Å²) in [5.74, 6) is 2.06. The largest absolute Gasteiger partial charge is 0.495 e. The van der Waals surface area contributed by atoms with Gasteiger partial charge < -0.3 is 33.7 Å². The highest BCUT2D eigenvalue weighted by Crippen LogP contribution is 2.34. The number of benzene rings is 4. The first-order chi connectivity index (χ1) is 22.5. The highest BCUT2D eigenvalue weighted by atomic mass is 35.5. The molecule has 1 fully saturated rings. The van der Waals surface area contributed by atoms with Crippen LogP contribution in [0.3, 0.4) is 0 Å². The van der Waals surface area contributed by atoms with Crippen molar-refractivity contribution in [1.82, 2.24) is 5.32 Å². The average molecular weight is 667 g/mol. The Kier molecular flexibility index (Phi) is 13.0. The second kappa shape index (κ2) is 17.6. The zero-order valence-corrected chi connectivity index (χ0v) is 27.8. The number of ether oxygens (including phenoxy) is 6. The van der Waals surface area contributed by atoms with Crippen LogP contribution in [0.25, 0.3) is 0 Å². The molecule has 3 atom stereocenters. The Bertz CT molecular complexity index is 1440. The zero-order valence-electron chi connectivity index (χ0n) is 26.3. The molecule has 7 nitrogen and oxygen atoms in total. The Morgan fingerprint density at radius 1 is 0.652 bits per heavy atom. The van der Waals surface area contributed by atoms with Crippen LogP contribution >= 0.6 is 23.2 Å². The van der Waals surface area contributed by atoms with Gasteiger partial charge in [0.1, 0.15) is 17.2 Å². The first-order valence-corrected chi connectivity index (χ1v) is 16.2. The quantitative estimate of drug-likeness (QED) is 0.122. The average Bonchev–Trinajstić information content (AvgIpc) is 3.09. The van der Waals surface area contributed by atoms with Crippen LogP contribution in [0.2, 0.25) is 10.0 Å². The Labute approximate surface area is 281 Å². The highest BCUT2D eigenvalue weighted by Gasteiger charge is 2.36. The molecule has 244 valence electrons. The van der Waals surface area contributed by atoms with Gasteiger partial charge in [-0.1, -0.05) is 77.8 Å². The lowest BCUT2D eigenvalue weighted by molar-refractivity contribution is -0.0650. The molecule has 0 amide bonds. The van der Waals surface area contributed by atoms with Gasteiger partial charge in [0.05, 0.1) is 69.5 Å². The van der Waals surface area contributed by atoms with Crippen LogP contribution in [-0.2, 0) is 34.0 Å². The molecule has 1 N–H and O–H groups in total. The maximum atomic E-state index is 6.54. The van der Waals surface area contributed by atoms with Crippen molar-refractivity contribution in [2.24, 2.45) is 0 Å². The maximum Gasteiger partial charge on any atom is 0.137 e. The van der Waals surface area contributed by atoms with E-state index in [1.54, 1.807) is 14.2 Å². The summed E-state index contributed by atoms with van der Waals surface area (Å²) in [6, 6.07) is 29.8. The van der Waals surface area contributed by atoms with Crippen molar-refractivity contribution < 1.29 is 28.4 Å². The van der Waals surface area contributed by atoms with Crippen LogP contribution in [0.15, 0.2) is 91.0 Å². The number of rotatable bonds is 16. The summed E-state index contributed by atoms with van der Waals surface area (Å²) in [4.78, 5) is 0. The summed E-state index contributed by atoms with van der Waals surface area (Å²) in [6.45, 7) is 4.00. The van der Waals surface area contributed by atoms with E-state index in [0.717, 1.165) is 28.9 Å². The van der Waals surface area contributed by atoms with Gasteiger partial charge in [-0.15, -0.1) is 0 Å². The molecular weight excluding hydrogens is 625 g/mol. The Morgan fingerprint density at radius 2 is 1.24 bits per heavy atom. The predicted octanol–water partition coefficient (Wildman–Crippen LogP) is 7.85. The molecular formula is C37H41Cl2NO6. The van der Waals surface area contributed by atoms with E-state index in [-0.39, 0.29) is 18.1 Å². The Morgan fingerprint density at radius 3 is 1.78 bits per heavy atom. The zero-order chi connectivity index (χ0) is 32.1. The minimum Gasteiger partial charge on any atom is -0.495 e. The lowest BCUT2D eigenvalue weighted by Crippen LogP contribution is -2.50. The number of methoxy groups -OCH3 is 2. The van der Waals surface area contributed by atoms with E-state index in [1.165, 1.54) is 5.56 Å². The van der Waals surface area contributed by atoms with E-state index >= 15 is 0 Å². The number of hydrogen-bond acceptors (Lipinski definition) is 7. The number of halogens is 2. The summed E-state index contributed by atoms with van der Waals surface area (Å²) in [7, 11) is 3.21. The van der Waals surface area contributed by atoms with Gasteiger partial charge in [-0.2, -0.15) is 0 Å². The summed E-state index contributed by atoms with van der Waals surface area (Å²) < 4.78 is 35.5. The van der Waals surface area contributed by atoms with Gasteiger partial charge >= 0.3 is 0 Å². The number of piperidine rings is 1. The molecule has 0 bridgehead atoms. The fourth-order valence-corrected chi connectivity index (χ4v) is 6.08. The first-order valence-electron chi connectivity index (χ1n) is 15.5. The summed E-state index contributed by atoms with van der Waals surface area (Å²) in [6.07, 6.45) is 0.514. The van der Waals surface area contributed by atoms with Gasteiger partial charge in [0.15, 0.2) is 0 Å². The van der Waals surface area contributed by atoms with Crippen molar-refractivity contribution in [1.29, 1.82) is 0 Å². The molecule has 9 heteroatoms. The van der Waals surface area contributed by atoms with Crippen LogP contribution in [-0.4, -0.2) is 52.7 Å². The SMILES string of the molecule is COc1ccc(CO[C@H]2CNC[C@@H](OCc3ccc(OC)c(Cl)c3)[C@H]2c2ccc(OCCCOCc3ccccc3)cc2)cc1Cl. The third-order valence-corrected chi connectivity index (χ3v) is 8.52. The number of nitrogens with one attached hydrogen (secondary N) is 1. The van der Waals surface area contributed by atoms with E-state index in [9.17, 15) is 0 Å². The fraction of sp³-hybridized carbons (Fsp3) is 0.351. The molecule has 1 aliphatic heterocycles. The molecule has 5 rings (SSSR count). The number of hydrogen-bond donors (Lipinski definition) is 1. The van der Waals surface area contributed by atoms with Gasteiger partial charge in [-0.3, -0.25) is 0 Å². The van der Waals surface area contributed by atoms with E-state index < -0.39 is 0 Å². The first kappa shape index (κ1) is 34.0. The standard InChI is InChI=1S/C37H41Cl2NO6/c1-41-33-15-9-27(19-31(33)38)24-45-35-21-40-22-36(46-25-28-10-16-34(42-2)32(39)20-28)37(35)29-11-13-30(14-12-29)44-18-6-17-43-23-26-7-4-3-5-8-26/h3-5,7-16,19-20,35-37,40H,6,17-18,21-25H2,1-2H3/t35-,36+,37-. The van der Waals surface area contributed by atoms with Crippen molar-refractivity contribution >= 4 is 23.2 Å². The van der Waals surface area contributed by atoms with Gasteiger partial charge in [0, 0.05) is 25.4 Å². The lowest BCUT2D eigenvalue weighted by Gasteiger charge is -2.39. The van der Waals surface area contributed by atoms with E-state index in [2.05, 4.69) is 29.6 Å². The predicted molar refractivity (Wildman–Crippen MR) is 181 cm³/mol. The smallest absolute Gasteiger partial charge is 0.137 e. The molecule has 1 aliphatic rings. The van der Waals surface area contributed by atoms with Crippen LogP contribution in [0.5, 0.6) is 17.2 Å². The Hall–Kier alpha value is -3.30. The van der Waals surface area contributed by atoms with E-state index in [0.29, 0.717) is 67.7 Å². The fourth-order valence-electron chi connectivity index (χ4n) is 5.52. The van der Waals surface area contributed by atoms with E-state index in [1.807, 2.05) is 66.7 Å². The summed E-state index contributed by atoms with van der Waals surface area (Å²) in [5, 5.41) is 4.61. The molecule has 0 unspecified atom stereocenters. The third-order valence-electron chi connectivity index (χ3n) is 7.93. The minimum absolute atomic E-state index is 0.0240. The van der Waals surface area contributed by atoms with Crippen molar-refractivity contribution in [3.63, 3.8) is 0 Å². The summed E-state index contributed by atoms with van der Waals surface area (Å²) >= 11 is 12.8. The van der Waals surface area contributed by atoms with Crippen molar-refractivity contribution in [3.8, 4) is 17.2 Å². The second-order valence-corrected chi connectivity index (χ2v) is 11.9. The van der Waals surface area contributed by atoms with Gasteiger partial charge in [-0.25, -0.2) is 0 Å². The molecule has 1 saturated heterocycles. The van der Waals surface area contributed by atoms with Gasteiger partial charge in [0.2, 0.25) is 0 Å². The molecule has 0 spiro atoms. The maximum absolute atomic E-state index is 6.54. The van der Waals surface area contributed by atoms with Crippen molar-refractivity contribution in [2.75, 3.05) is 40.5 Å². The monoisotopic (exact) mass is 665 g/mol. The highest BCUT2D eigenvalue weighted by molar-refractivity contribution is 6.32. The van der Waals surface area contributed by atoms with Gasteiger partial charge in [0.25, 0.3) is 0 Å². The lowest BCUT2D eigenvalue weighted by atomic mass is 9.85. The third kappa shape index (κ3) is 9.61. The van der Waals surface area contributed by atoms with E-state index in [4.69, 9.17) is 51.6 Å². The topological polar surface area (TPSA) is 67.4 Å². The van der Waals surface area contributed by atoms with Crippen LogP contribution in [0.4, 0.5) is 0 Å². The molecule has 0 aliphatic carbocycles. The normalized spacial score (nSPS) is 17.9. The van der Waals surface area contributed by atoms with Crippen molar-refractivity contribution in [3.05, 3.63) is 123 Å². The van der Waals surface area contributed by atoms with Crippen LogP contribution in [0, 0.1) is 0 Å². The van der Waals surface area contributed by atoms with Crippen molar-refractivity contribution in [2.45, 2.75) is 44.4 Å². The summed E-state index contributed by atoms with van der Waals surface area (Å²) in [5.41, 5.74) is 4.23. The molecule has 46 heavy (non-hydrogen) atoms. The van der Waals surface area contributed by atoms with Crippen LogP contribution in [0.1, 0.15) is 34.6 Å². The van der Waals surface area contributed by atoms with Crippen LogP contribution < -0.4 is 19.5 Å². The molecule has 1 heterocycles. The minimum atomic E-state index is -0.146. The molecule has 0 radical (unpaired) electrons.